The Bertz CT molecular complexity index is 1150. The molecule has 1 fully saturated rings. The van der Waals surface area contributed by atoms with Gasteiger partial charge < -0.3 is 9.80 Å². The lowest BCUT2D eigenvalue weighted by Crippen LogP contribution is -2.48. The predicted molar refractivity (Wildman–Crippen MR) is 143 cm³/mol. The van der Waals surface area contributed by atoms with Gasteiger partial charge in [-0.2, -0.15) is 0 Å². The van der Waals surface area contributed by atoms with E-state index in [9.17, 15) is 4.79 Å². The molecule has 0 N–H and O–H groups in total. The Morgan fingerprint density at radius 1 is 1.00 bits per heavy atom. The Hall–Kier alpha value is -1.64. The third-order valence-electron chi connectivity index (χ3n) is 6.80. The second-order valence-electron chi connectivity index (χ2n) is 8.98. The van der Waals surface area contributed by atoms with E-state index in [4.69, 9.17) is 0 Å². The van der Waals surface area contributed by atoms with Gasteiger partial charge >= 0.3 is 0 Å². The molecule has 6 nitrogen and oxygen atoms in total. The van der Waals surface area contributed by atoms with E-state index >= 15 is 0 Å². The van der Waals surface area contributed by atoms with E-state index in [-0.39, 0.29) is 30.4 Å². The zero-order valence-electron chi connectivity index (χ0n) is 19.5. The standard InChI is InChI=1S/C24H31N5OS.2ClH/c1-17-5-4-6-18(2)22(17)28-12-9-27(10-13-28)11-14-29-16-25-23-21(24(29)30)19-7-8-26(3)15-20(19)31-23;;/h4-6,16H,7-15H2,1-3H3;2*1H. The number of thiophene rings is 1. The summed E-state index contributed by atoms with van der Waals surface area (Å²) in [6.45, 7) is 12.1. The van der Waals surface area contributed by atoms with Crippen LogP contribution in [0.2, 0.25) is 0 Å². The van der Waals surface area contributed by atoms with Crippen LogP contribution in [-0.4, -0.2) is 65.7 Å². The maximum absolute atomic E-state index is 13.2. The number of hydrogen-bond donors (Lipinski definition) is 0. The highest BCUT2D eigenvalue weighted by atomic mass is 35.5. The van der Waals surface area contributed by atoms with Crippen molar-refractivity contribution in [2.45, 2.75) is 33.4 Å². The molecule has 0 saturated carbocycles. The molecule has 1 aromatic carbocycles. The van der Waals surface area contributed by atoms with Crippen molar-refractivity contribution in [2.75, 3.05) is 51.2 Å². The molecule has 0 unspecified atom stereocenters. The molecule has 2 aliphatic heterocycles. The van der Waals surface area contributed by atoms with Crippen molar-refractivity contribution >= 4 is 52.1 Å². The molecule has 33 heavy (non-hydrogen) atoms. The zero-order valence-corrected chi connectivity index (χ0v) is 22.0. The van der Waals surface area contributed by atoms with Gasteiger partial charge in [-0.15, -0.1) is 36.2 Å². The Morgan fingerprint density at radius 3 is 2.39 bits per heavy atom. The average molecular weight is 511 g/mol. The molecule has 3 aromatic rings. The minimum atomic E-state index is 0. The van der Waals surface area contributed by atoms with Crippen LogP contribution in [0, 0.1) is 13.8 Å². The fourth-order valence-corrected chi connectivity index (χ4v) is 6.31. The summed E-state index contributed by atoms with van der Waals surface area (Å²) >= 11 is 1.69. The Kier molecular flexibility index (Phi) is 8.45. The van der Waals surface area contributed by atoms with E-state index in [0.29, 0.717) is 6.54 Å². The molecule has 0 amide bonds. The second kappa shape index (κ2) is 10.7. The lowest BCUT2D eigenvalue weighted by Gasteiger charge is -2.37. The number of fused-ring (bicyclic) bond motifs is 3. The number of anilines is 1. The van der Waals surface area contributed by atoms with Crippen LogP contribution in [0.25, 0.3) is 10.2 Å². The summed E-state index contributed by atoms with van der Waals surface area (Å²) < 4.78 is 1.82. The molecule has 0 atom stereocenters. The van der Waals surface area contributed by atoms with Gasteiger partial charge in [-0.05, 0) is 44.0 Å². The number of para-hydroxylation sites is 1. The van der Waals surface area contributed by atoms with Gasteiger partial charge in [-0.1, -0.05) is 18.2 Å². The number of aryl methyl sites for hydroxylation is 2. The monoisotopic (exact) mass is 509 g/mol. The molecule has 2 aliphatic rings. The molecule has 2 aromatic heterocycles. The Morgan fingerprint density at radius 2 is 1.70 bits per heavy atom. The van der Waals surface area contributed by atoms with Gasteiger partial charge in [0, 0.05) is 62.9 Å². The summed E-state index contributed by atoms with van der Waals surface area (Å²) in [5.41, 5.74) is 5.48. The first-order valence-corrected chi connectivity index (χ1v) is 12.0. The van der Waals surface area contributed by atoms with E-state index in [1.54, 1.807) is 17.7 Å². The first-order chi connectivity index (χ1) is 15.0. The van der Waals surface area contributed by atoms with Crippen LogP contribution in [0.5, 0.6) is 0 Å². The van der Waals surface area contributed by atoms with Crippen molar-refractivity contribution in [3.05, 3.63) is 56.4 Å². The van der Waals surface area contributed by atoms with Crippen LogP contribution in [0.1, 0.15) is 21.6 Å². The summed E-state index contributed by atoms with van der Waals surface area (Å²) in [7, 11) is 2.14. The van der Waals surface area contributed by atoms with E-state index in [2.05, 4.69) is 58.8 Å². The van der Waals surface area contributed by atoms with Gasteiger partial charge in [0.25, 0.3) is 5.56 Å². The van der Waals surface area contributed by atoms with Gasteiger partial charge in [0.1, 0.15) is 4.83 Å². The predicted octanol–water partition coefficient (Wildman–Crippen LogP) is 3.73. The summed E-state index contributed by atoms with van der Waals surface area (Å²) in [6, 6.07) is 6.53. The SMILES string of the molecule is Cc1cccc(C)c1N1CCN(CCn2cnc3sc4c(c3c2=O)CCN(C)C4)CC1.Cl.Cl. The molecule has 4 heterocycles. The highest BCUT2D eigenvalue weighted by Crippen LogP contribution is 2.31. The van der Waals surface area contributed by atoms with E-state index < -0.39 is 0 Å². The van der Waals surface area contributed by atoms with Gasteiger partial charge in [-0.3, -0.25) is 14.3 Å². The number of piperazine rings is 1. The number of aromatic nitrogens is 2. The van der Waals surface area contributed by atoms with Gasteiger partial charge in [0.2, 0.25) is 0 Å². The Balaban J connectivity index is 0.00000153. The topological polar surface area (TPSA) is 44.6 Å². The van der Waals surface area contributed by atoms with Crippen LogP contribution in [0.15, 0.2) is 29.3 Å². The molecule has 0 aliphatic carbocycles. The van der Waals surface area contributed by atoms with Crippen molar-refractivity contribution in [1.29, 1.82) is 0 Å². The fourth-order valence-electron chi connectivity index (χ4n) is 5.05. The zero-order chi connectivity index (χ0) is 21.5. The number of nitrogens with zero attached hydrogens (tertiary/aromatic N) is 5. The van der Waals surface area contributed by atoms with Crippen LogP contribution >= 0.6 is 36.2 Å². The van der Waals surface area contributed by atoms with Crippen LogP contribution in [-0.2, 0) is 19.5 Å². The van der Waals surface area contributed by atoms with Gasteiger partial charge in [-0.25, -0.2) is 4.98 Å². The highest BCUT2D eigenvalue weighted by Gasteiger charge is 2.23. The molecule has 0 radical (unpaired) electrons. The van der Waals surface area contributed by atoms with Crippen molar-refractivity contribution < 1.29 is 0 Å². The molecule has 9 heteroatoms. The first-order valence-electron chi connectivity index (χ1n) is 11.2. The van der Waals surface area contributed by atoms with E-state index in [1.165, 1.54) is 27.3 Å². The molecular formula is C24H33Cl2N5OS. The van der Waals surface area contributed by atoms with Crippen molar-refractivity contribution in [3.8, 4) is 0 Å². The third-order valence-corrected chi connectivity index (χ3v) is 7.93. The first kappa shape index (κ1) is 26.0. The summed E-state index contributed by atoms with van der Waals surface area (Å²) in [4.78, 5) is 27.4. The number of likely N-dealkylation sites (N-methyl/N-ethyl adjacent to an activating group) is 1. The maximum Gasteiger partial charge on any atom is 0.262 e. The number of rotatable bonds is 4. The van der Waals surface area contributed by atoms with Crippen LogP contribution < -0.4 is 10.5 Å². The smallest absolute Gasteiger partial charge is 0.262 e. The summed E-state index contributed by atoms with van der Waals surface area (Å²) in [6.07, 6.45) is 2.70. The molecule has 1 saturated heterocycles. The minimum Gasteiger partial charge on any atom is -0.369 e. The van der Waals surface area contributed by atoms with Crippen LogP contribution in [0.4, 0.5) is 5.69 Å². The molecule has 0 bridgehead atoms. The van der Waals surface area contributed by atoms with Crippen LogP contribution in [0.3, 0.4) is 0 Å². The maximum atomic E-state index is 13.2. The normalized spacial score (nSPS) is 16.9. The molecule has 180 valence electrons. The minimum absolute atomic E-state index is 0. The number of halogens is 2. The fraction of sp³-hybridized carbons (Fsp3) is 0.500. The number of hydrogen-bond acceptors (Lipinski definition) is 6. The third kappa shape index (κ3) is 5.08. The van der Waals surface area contributed by atoms with Gasteiger partial charge in [0.15, 0.2) is 0 Å². The average Bonchev–Trinajstić information content (AvgIpc) is 3.12. The largest absolute Gasteiger partial charge is 0.369 e. The van der Waals surface area contributed by atoms with Crippen molar-refractivity contribution in [3.63, 3.8) is 0 Å². The summed E-state index contributed by atoms with van der Waals surface area (Å²) in [5.74, 6) is 0. The highest BCUT2D eigenvalue weighted by molar-refractivity contribution is 7.18. The summed E-state index contributed by atoms with van der Waals surface area (Å²) in [5, 5.41) is 0.871. The Labute approximate surface area is 212 Å². The van der Waals surface area contributed by atoms with Gasteiger partial charge in [0.05, 0.1) is 11.7 Å². The lowest BCUT2D eigenvalue weighted by atomic mass is 10.1. The number of benzene rings is 1. The quantitative estimate of drug-likeness (QED) is 0.536. The molecular weight excluding hydrogens is 477 g/mol. The van der Waals surface area contributed by atoms with E-state index in [1.807, 2.05) is 4.57 Å². The molecule has 5 rings (SSSR count). The second-order valence-corrected chi connectivity index (χ2v) is 10.1. The van der Waals surface area contributed by atoms with Crippen molar-refractivity contribution in [1.82, 2.24) is 19.4 Å². The lowest BCUT2D eigenvalue weighted by molar-refractivity contribution is 0.247. The van der Waals surface area contributed by atoms with E-state index in [0.717, 1.165) is 62.5 Å². The van der Waals surface area contributed by atoms with Crippen molar-refractivity contribution in [2.24, 2.45) is 0 Å². The molecule has 0 spiro atoms.